The first kappa shape index (κ1) is 16.9. The van der Waals surface area contributed by atoms with Crippen LogP contribution in [0.4, 0.5) is 0 Å². The van der Waals surface area contributed by atoms with E-state index in [4.69, 9.17) is 4.74 Å². The lowest BCUT2D eigenvalue weighted by Gasteiger charge is -2.11. The molecule has 4 rings (SSSR count). The predicted octanol–water partition coefficient (Wildman–Crippen LogP) is 3.99. The monoisotopic (exact) mass is 367 g/mol. The standard InChI is InChI=1S/C20H18NO4P/c1-2-25-15-10-11-20-18(13-15)17-8-3-4-9-19(17)21(20)14-6-5-7-16(12-14)26(22,23)24/h3-13H,2H2,1H3,(H2,22,23,24). The van der Waals surface area contributed by atoms with E-state index in [0.29, 0.717) is 12.3 Å². The van der Waals surface area contributed by atoms with Gasteiger partial charge in [-0.1, -0.05) is 24.3 Å². The summed E-state index contributed by atoms with van der Waals surface area (Å²) in [5, 5.41) is 2.10. The zero-order valence-corrected chi connectivity index (χ0v) is 15.1. The van der Waals surface area contributed by atoms with Crippen LogP contribution in [0.25, 0.3) is 27.5 Å². The van der Waals surface area contributed by atoms with Crippen molar-refractivity contribution in [3.8, 4) is 11.4 Å². The van der Waals surface area contributed by atoms with Crippen LogP contribution in [0.15, 0.2) is 66.7 Å². The summed E-state index contributed by atoms with van der Waals surface area (Å²) < 4.78 is 19.3. The number of ether oxygens (including phenoxy) is 1. The van der Waals surface area contributed by atoms with Crippen molar-refractivity contribution in [1.29, 1.82) is 0 Å². The molecule has 1 heterocycles. The van der Waals surface area contributed by atoms with Gasteiger partial charge in [0.1, 0.15) is 5.75 Å². The molecule has 26 heavy (non-hydrogen) atoms. The maximum atomic E-state index is 11.7. The van der Waals surface area contributed by atoms with Crippen LogP contribution in [0.1, 0.15) is 6.92 Å². The average Bonchev–Trinajstić information content (AvgIpc) is 2.95. The Morgan fingerprint density at radius 2 is 1.69 bits per heavy atom. The highest BCUT2D eigenvalue weighted by Crippen LogP contribution is 2.36. The molecule has 0 aliphatic rings. The second-order valence-electron chi connectivity index (χ2n) is 6.03. The molecule has 0 bridgehead atoms. The Morgan fingerprint density at radius 1 is 0.923 bits per heavy atom. The summed E-state index contributed by atoms with van der Waals surface area (Å²) >= 11 is 0. The zero-order chi connectivity index (χ0) is 18.3. The van der Waals surface area contributed by atoms with Gasteiger partial charge >= 0.3 is 7.60 Å². The quantitative estimate of drug-likeness (QED) is 0.535. The van der Waals surface area contributed by atoms with Crippen LogP contribution in [-0.4, -0.2) is 21.0 Å². The molecule has 0 saturated carbocycles. The highest BCUT2D eigenvalue weighted by Gasteiger charge is 2.19. The average molecular weight is 367 g/mol. The molecule has 132 valence electrons. The van der Waals surface area contributed by atoms with Crippen LogP contribution in [0.5, 0.6) is 5.75 Å². The van der Waals surface area contributed by atoms with Crippen molar-refractivity contribution in [2.75, 3.05) is 6.61 Å². The number of aromatic nitrogens is 1. The third kappa shape index (κ3) is 2.80. The van der Waals surface area contributed by atoms with Gasteiger partial charge in [0.15, 0.2) is 0 Å². The summed E-state index contributed by atoms with van der Waals surface area (Å²) in [5.74, 6) is 0.798. The van der Waals surface area contributed by atoms with Crippen molar-refractivity contribution < 1.29 is 19.1 Å². The summed E-state index contributed by atoms with van der Waals surface area (Å²) in [6.45, 7) is 2.54. The van der Waals surface area contributed by atoms with E-state index in [1.807, 2.05) is 60.0 Å². The molecule has 3 aromatic carbocycles. The highest BCUT2D eigenvalue weighted by molar-refractivity contribution is 7.60. The van der Waals surface area contributed by atoms with Gasteiger partial charge in [-0.05, 0) is 49.4 Å². The molecule has 1 aromatic heterocycles. The molecule has 5 nitrogen and oxygen atoms in total. The lowest BCUT2D eigenvalue weighted by Crippen LogP contribution is -2.06. The van der Waals surface area contributed by atoms with Gasteiger partial charge in [-0.25, -0.2) is 0 Å². The van der Waals surface area contributed by atoms with Gasteiger partial charge in [0.2, 0.25) is 0 Å². The molecule has 0 aliphatic carbocycles. The molecular formula is C20H18NO4P. The normalized spacial score (nSPS) is 12.0. The maximum absolute atomic E-state index is 11.7. The summed E-state index contributed by atoms with van der Waals surface area (Å²) in [7, 11) is -4.32. The number of para-hydroxylation sites is 1. The van der Waals surface area contributed by atoms with Crippen LogP contribution < -0.4 is 10.0 Å². The topological polar surface area (TPSA) is 71.7 Å². The smallest absolute Gasteiger partial charge is 0.356 e. The molecule has 0 fully saturated rings. The Kier molecular flexibility index (Phi) is 4.08. The molecule has 2 N–H and O–H groups in total. The fourth-order valence-electron chi connectivity index (χ4n) is 3.30. The Hall–Kier alpha value is -2.59. The van der Waals surface area contributed by atoms with Gasteiger partial charge in [0.25, 0.3) is 0 Å². The molecule has 0 unspecified atom stereocenters. The SMILES string of the molecule is CCOc1ccc2c(c1)c1ccccc1n2-c1cccc(P(=O)(O)O)c1. The minimum atomic E-state index is -4.32. The van der Waals surface area contributed by atoms with Crippen molar-refractivity contribution in [3.63, 3.8) is 0 Å². The fraction of sp³-hybridized carbons (Fsp3) is 0.100. The van der Waals surface area contributed by atoms with Gasteiger partial charge in [0, 0.05) is 16.5 Å². The molecule has 0 saturated heterocycles. The van der Waals surface area contributed by atoms with E-state index in [0.717, 1.165) is 27.6 Å². The predicted molar refractivity (Wildman–Crippen MR) is 104 cm³/mol. The van der Waals surface area contributed by atoms with E-state index in [9.17, 15) is 14.4 Å². The van der Waals surface area contributed by atoms with Gasteiger partial charge in [-0.2, -0.15) is 0 Å². The molecule has 0 atom stereocenters. The second-order valence-corrected chi connectivity index (χ2v) is 7.63. The molecule has 6 heteroatoms. The van der Waals surface area contributed by atoms with Crippen LogP contribution in [0, 0.1) is 0 Å². The van der Waals surface area contributed by atoms with Crippen molar-refractivity contribution >= 4 is 34.7 Å². The molecule has 0 aliphatic heterocycles. The van der Waals surface area contributed by atoms with Gasteiger partial charge in [0.05, 0.1) is 22.9 Å². The largest absolute Gasteiger partial charge is 0.494 e. The van der Waals surface area contributed by atoms with Gasteiger partial charge in [-0.15, -0.1) is 0 Å². The summed E-state index contributed by atoms with van der Waals surface area (Å²) in [6.07, 6.45) is 0. The zero-order valence-electron chi connectivity index (χ0n) is 14.2. The number of hydrogen-bond acceptors (Lipinski definition) is 2. The Bertz CT molecular complexity index is 1160. The third-order valence-corrected chi connectivity index (χ3v) is 5.33. The summed E-state index contributed by atoms with van der Waals surface area (Å²) in [4.78, 5) is 19.0. The van der Waals surface area contributed by atoms with E-state index in [1.165, 1.54) is 6.07 Å². The fourth-order valence-corrected chi connectivity index (χ4v) is 3.88. The molecular weight excluding hydrogens is 349 g/mol. The van der Waals surface area contributed by atoms with Crippen molar-refractivity contribution in [1.82, 2.24) is 4.57 Å². The van der Waals surface area contributed by atoms with E-state index in [-0.39, 0.29) is 5.30 Å². The van der Waals surface area contributed by atoms with E-state index >= 15 is 0 Å². The third-order valence-electron chi connectivity index (χ3n) is 4.38. The van der Waals surface area contributed by atoms with Crippen molar-refractivity contribution in [2.45, 2.75) is 6.92 Å². The van der Waals surface area contributed by atoms with E-state index in [1.54, 1.807) is 12.1 Å². The second kappa shape index (κ2) is 6.29. The van der Waals surface area contributed by atoms with E-state index < -0.39 is 7.60 Å². The molecule has 0 amide bonds. The number of nitrogens with zero attached hydrogens (tertiary/aromatic N) is 1. The lowest BCUT2D eigenvalue weighted by molar-refractivity contribution is 0.341. The highest BCUT2D eigenvalue weighted by atomic mass is 31.2. The first-order chi connectivity index (χ1) is 12.5. The first-order valence-corrected chi connectivity index (χ1v) is 9.93. The van der Waals surface area contributed by atoms with Crippen LogP contribution in [0.2, 0.25) is 0 Å². The van der Waals surface area contributed by atoms with Gasteiger partial charge in [-0.3, -0.25) is 4.57 Å². The number of benzene rings is 3. The minimum absolute atomic E-state index is 0.00636. The lowest BCUT2D eigenvalue weighted by atomic mass is 10.1. The Morgan fingerprint density at radius 3 is 2.46 bits per heavy atom. The Labute approximate surface area is 150 Å². The summed E-state index contributed by atoms with van der Waals surface area (Å²) in [5.41, 5.74) is 2.64. The van der Waals surface area contributed by atoms with Gasteiger partial charge < -0.3 is 19.1 Å². The Balaban J connectivity index is 2.04. The minimum Gasteiger partial charge on any atom is -0.494 e. The number of fused-ring (bicyclic) bond motifs is 3. The van der Waals surface area contributed by atoms with Crippen molar-refractivity contribution in [2.24, 2.45) is 0 Å². The molecule has 0 spiro atoms. The number of rotatable bonds is 4. The first-order valence-electron chi connectivity index (χ1n) is 8.31. The maximum Gasteiger partial charge on any atom is 0.356 e. The molecule has 4 aromatic rings. The van der Waals surface area contributed by atoms with Crippen LogP contribution in [0.3, 0.4) is 0 Å². The van der Waals surface area contributed by atoms with E-state index in [2.05, 4.69) is 0 Å². The summed E-state index contributed by atoms with van der Waals surface area (Å²) in [6, 6.07) is 20.4. The van der Waals surface area contributed by atoms with Crippen molar-refractivity contribution in [3.05, 3.63) is 66.7 Å². The van der Waals surface area contributed by atoms with Crippen LogP contribution in [-0.2, 0) is 4.57 Å². The molecule has 0 radical (unpaired) electrons. The van der Waals surface area contributed by atoms with Crippen LogP contribution >= 0.6 is 7.60 Å². The number of hydrogen-bond donors (Lipinski definition) is 2.